The maximum atomic E-state index is 14.4. The van der Waals surface area contributed by atoms with Crippen LogP contribution < -0.4 is 21.6 Å². The van der Waals surface area contributed by atoms with Crippen LogP contribution in [0.4, 0.5) is 31.8 Å². The average Bonchev–Trinajstić information content (AvgIpc) is 3.88. The van der Waals surface area contributed by atoms with Crippen LogP contribution in [-0.2, 0) is 36.6 Å². The van der Waals surface area contributed by atoms with Crippen LogP contribution in [0, 0.1) is 24.0 Å². The molecule has 2 amide bonds. The number of carbonyl (C=O) groups is 4. The van der Waals surface area contributed by atoms with E-state index in [0.29, 0.717) is 57.6 Å². The van der Waals surface area contributed by atoms with E-state index in [1.807, 2.05) is 0 Å². The van der Waals surface area contributed by atoms with Gasteiger partial charge in [0.05, 0.1) is 60.3 Å². The van der Waals surface area contributed by atoms with Gasteiger partial charge in [0.25, 0.3) is 11.8 Å². The Morgan fingerprint density at radius 1 is 0.836 bits per heavy atom. The molecule has 2 aromatic carbocycles. The molecule has 18 heteroatoms. The SMILES string of the molecule is C#Cc1ccc(Nc2c(C(=O)NOC(CO)CO)c3c(n2C)C(=O)CC3)c(F)c1.Cn1c(Nc2ccc(Br)cc2F)c(C(=O)NOCCO)c2c1C(=O)CC2. The van der Waals surface area contributed by atoms with Gasteiger partial charge in [0.2, 0.25) is 0 Å². The van der Waals surface area contributed by atoms with Crippen LogP contribution in [0.25, 0.3) is 0 Å². The highest BCUT2D eigenvalue weighted by Gasteiger charge is 2.35. The number of hydrogen-bond donors (Lipinski definition) is 7. The van der Waals surface area contributed by atoms with Crippen molar-refractivity contribution in [2.45, 2.75) is 31.8 Å². The van der Waals surface area contributed by atoms with Crippen LogP contribution in [0.3, 0.4) is 0 Å². The zero-order valence-corrected chi connectivity index (χ0v) is 31.2. The molecule has 0 radical (unpaired) electrons. The third-order valence-electron chi connectivity index (χ3n) is 8.83. The van der Waals surface area contributed by atoms with E-state index < -0.39 is 42.8 Å². The molecule has 0 unspecified atom stereocenters. The van der Waals surface area contributed by atoms with Crippen molar-refractivity contribution in [1.29, 1.82) is 0 Å². The Bertz CT molecular complexity index is 2190. The third kappa shape index (κ3) is 8.62. The van der Waals surface area contributed by atoms with Gasteiger partial charge in [-0.05, 0) is 60.4 Å². The minimum Gasteiger partial charge on any atom is -0.394 e. The number of hydrogen-bond acceptors (Lipinski definition) is 11. The standard InChI is InChI=1S/C20H20FN3O5.C17H17BrFN3O4/c1-3-11-4-6-15(14(21)8-11)22-19-17(20(28)23-29-12(9-25)10-26)13-5-7-16(27)18(13)24(19)2;1-22-15-10(3-5-13(15)24)14(17(25)21-26-7-6-23)16(22)20-12-4-2-9(18)8-11(12)19/h1,4,6,8,12,22,25-26H,5,7,9-10H2,2H3,(H,23,28);2,4,8,20,23H,3,5-7H2,1H3,(H,21,25). The zero-order chi connectivity index (χ0) is 40.0. The molecule has 2 aliphatic rings. The number of anilines is 4. The van der Waals surface area contributed by atoms with Crippen LogP contribution in [0.5, 0.6) is 0 Å². The summed E-state index contributed by atoms with van der Waals surface area (Å²) in [5.41, 5.74) is 7.30. The van der Waals surface area contributed by atoms with E-state index in [1.54, 1.807) is 30.8 Å². The van der Waals surface area contributed by atoms with E-state index >= 15 is 0 Å². The third-order valence-corrected chi connectivity index (χ3v) is 9.33. The Morgan fingerprint density at radius 2 is 1.35 bits per heavy atom. The summed E-state index contributed by atoms with van der Waals surface area (Å²) in [5.74, 6) is 0.274. The highest BCUT2D eigenvalue weighted by molar-refractivity contribution is 9.10. The summed E-state index contributed by atoms with van der Waals surface area (Å²) in [7, 11) is 3.24. The maximum Gasteiger partial charge on any atom is 0.278 e. The van der Waals surface area contributed by atoms with Gasteiger partial charge in [0, 0.05) is 37.0 Å². The Morgan fingerprint density at radius 3 is 1.82 bits per heavy atom. The first-order valence-electron chi connectivity index (χ1n) is 16.8. The highest BCUT2D eigenvalue weighted by atomic mass is 79.9. The lowest BCUT2D eigenvalue weighted by molar-refractivity contribution is -0.0618. The number of halogens is 3. The molecular weight excluding hydrogens is 790 g/mol. The number of fused-ring (bicyclic) bond motifs is 2. The summed E-state index contributed by atoms with van der Waals surface area (Å²) in [5, 5.41) is 32.7. The van der Waals surface area contributed by atoms with Crippen molar-refractivity contribution in [3.05, 3.63) is 91.7 Å². The van der Waals surface area contributed by atoms with Crippen LogP contribution in [0.2, 0.25) is 0 Å². The minimum atomic E-state index is -0.998. The van der Waals surface area contributed by atoms with Crippen LogP contribution in [0.1, 0.15) is 71.2 Å². The second-order valence-electron chi connectivity index (χ2n) is 12.3. The molecule has 0 atom stereocenters. The summed E-state index contributed by atoms with van der Waals surface area (Å²) in [6.07, 6.45) is 5.64. The van der Waals surface area contributed by atoms with Gasteiger partial charge in [0.1, 0.15) is 29.4 Å². The molecule has 2 aromatic heterocycles. The molecule has 2 aliphatic carbocycles. The summed E-state index contributed by atoms with van der Waals surface area (Å²) >= 11 is 3.19. The Hall–Kier alpha value is -5.42. The lowest BCUT2D eigenvalue weighted by Crippen LogP contribution is -2.34. The van der Waals surface area contributed by atoms with Gasteiger partial charge >= 0.3 is 0 Å². The Kier molecular flexibility index (Phi) is 13.2. The van der Waals surface area contributed by atoms with Gasteiger partial charge in [-0.1, -0.05) is 21.9 Å². The van der Waals surface area contributed by atoms with E-state index in [1.165, 1.54) is 28.8 Å². The first-order valence-corrected chi connectivity index (χ1v) is 17.6. The Balaban J connectivity index is 0.000000212. The fourth-order valence-corrected chi connectivity index (χ4v) is 6.60. The number of aliphatic hydroxyl groups excluding tert-OH is 3. The van der Waals surface area contributed by atoms with E-state index in [2.05, 4.69) is 43.4 Å². The first kappa shape index (κ1) is 40.8. The van der Waals surface area contributed by atoms with Crippen molar-refractivity contribution >= 4 is 62.3 Å². The first-order chi connectivity index (χ1) is 26.3. The van der Waals surface area contributed by atoms with E-state index in [4.69, 9.17) is 31.4 Å². The molecule has 0 fully saturated rings. The predicted molar refractivity (Wildman–Crippen MR) is 198 cm³/mol. The van der Waals surface area contributed by atoms with Crippen molar-refractivity contribution in [2.75, 3.05) is 37.1 Å². The summed E-state index contributed by atoms with van der Waals surface area (Å²) < 4.78 is 32.3. The largest absolute Gasteiger partial charge is 0.394 e. The number of terminal acetylenes is 1. The number of benzene rings is 2. The number of Topliss-reactive ketones (excluding diaryl/α,β-unsaturated/α-hetero) is 2. The lowest BCUT2D eigenvalue weighted by atomic mass is 10.1. The predicted octanol–water partition coefficient (Wildman–Crippen LogP) is 3.49. The highest BCUT2D eigenvalue weighted by Crippen LogP contribution is 2.37. The molecule has 2 heterocycles. The average molecular weight is 828 g/mol. The number of carbonyl (C=O) groups excluding carboxylic acids is 4. The van der Waals surface area contributed by atoms with Crippen molar-refractivity contribution in [3.63, 3.8) is 0 Å². The molecule has 6 rings (SSSR count). The molecule has 0 saturated heterocycles. The number of nitrogens with one attached hydrogen (secondary N) is 4. The smallest absolute Gasteiger partial charge is 0.278 e. The number of ketones is 2. The second kappa shape index (κ2) is 17.8. The number of nitrogens with zero attached hydrogens (tertiary/aromatic N) is 2. The van der Waals surface area contributed by atoms with Gasteiger partial charge in [0.15, 0.2) is 11.6 Å². The second-order valence-corrected chi connectivity index (χ2v) is 13.2. The van der Waals surface area contributed by atoms with Crippen molar-refractivity contribution in [2.24, 2.45) is 14.1 Å². The normalized spacial score (nSPS) is 12.9. The van der Waals surface area contributed by atoms with E-state index in [0.717, 1.165) is 0 Å². The molecule has 15 nitrogen and oxygen atoms in total. The van der Waals surface area contributed by atoms with E-state index in [9.17, 15) is 28.0 Å². The van der Waals surface area contributed by atoms with Crippen molar-refractivity contribution in [1.82, 2.24) is 20.1 Å². The molecule has 0 spiro atoms. The van der Waals surface area contributed by atoms with Crippen molar-refractivity contribution in [3.8, 4) is 12.3 Å². The topological polar surface area (TPSA) is 205 Å². The number of aromatic nitrogens is 2. The van der Waals surface area contributed by atoms with Gasteiger partial charge in [-0.3, -0.25) is 28.9 Å². The minimum absolute atomic E-state index is 0.0657. The van der Waals surface area contributed by atoms with Crippen LogP contribution in [-0.4, -0.2) is 80.4 Å². The fourth-order valence-electron chi connectivity index (χ4n) is 6.27. The molecule has 0 bridgehead atoms. The molecule has 4 aromatic rings. The lowest BCUT2D eigenvalue weighted by Gasteiger charge is -2.15. The van der Waals surface area contributed by atoms with Gasteiger partial charge in [-0.2, -0.15) is 0 Å². The molecule has 7 N–H and O–H groups in total. The van der Waals surface area contributed by atoms with Gasteiger partial charge < -0.3 is 35.1 Å². The monoisotopic (exact) mass is 826 g/mol. The molecule has 0 aliphatic heterocycles. The number of hydroxylamine groups is 2. The van der Waals surface area contributed by atoms with Gasteiger partial charge in [-0.15, -0.1) is 6.42 Å². The quantitative estimate of drug-likeness (QED) is 0.0591. The number of rotatable bonds is 13. The number of aliphatic hydroxyl groups is 3. The van der Waals surface area contributed by atoms with Crippen LogP contribution >= 0.6 is 15.9 Å². The van der Waals surface area contributed by atoms with Gasteiger partial charge in [-0.25, -0.2) is 19.7 Å². The summed E-state index contributed by atoms with van der Waals surface area (Å²) in [6, 6.07) is 8.66. The molecule has 290 valence electrons. The zero-order valence-electron chi connectivity index (χ0n) is 29.6. The summed E-state index contributed by atoms with van der Waals surface area (Å²) in [4.78, 5) is 59.7. The molecular formula is C37H37BrF2N6O9. The Labute approximate surface area is 321 Å². The molecule has 55 heavy (non-hydrogen) atoms. The fraction of sp³-hybridized carbons (Fsp3) is 0.297. The number of amides is 2. The van der Waals surface area contributed by atoms with E-state index in [-0.39, 0.29) is 59.5 Å². The molecule has 0 saturated carbocycles. The van der Waals surface area contributed by atoms with Crippen molar-refractivity contribution < 1.29 is 53.0 Å². The summed E-state index contributed by atoms with van der Waals surface area (Å²) in [6.45, 7) is -1.31. The van der Waals surface area contributed by atoms with Crippen LogP contribution in [0.15, 0.2) is 40.9 Å². The maximum absolute atomic E-state index is 14.4.